The number of aliphatic carboxylic acids is 1. The van der Waals surface area contributed by atoms with Gasteiger partial charge in [0.1, 0.15) is 24.1 Å². The summed E-state index contributed by atoms with van der Waals surface area (Å²) in [5, 5.41) is 20.5. The number of anilines is 1. The number of thiazole rings is 1. The normalized spacial score (nSPS) is 18.8. The minimum atomic E-state index is -5.28. The number of rotatable bonds is 17. The molecule has 2 saturated heterocycles. The number of nitrogens with two attached hydrogens (primary N) is 2. The average molecular weight is 754 g/mol. The number of carbonyl (C=O) groups excluding carboxylic acids is 2. The number of β-lactam (4-membered cyclic amide) rings is 1. The van der Waals surface area contributed by atoms with E-state index < -0.39 is 63.9 Å². The monoisotopic (exact) mass is 753 g/mol. The zero-order valence-corrected chi connectivity index (χ0v) is 29.0. The largest absolute Gasteiger partial charge is 0.724 e. The van der Waals surface area contributed by atoms with E-state index in [9.17, 15) is 36.9 Å². The van der Waals surface area contributed by atoms with Gasteiger partial charge in [-0.25, -0.2) is 22.6 Å². The van der Waals surface area contributed by atoms with Crippen LogP contribution in [0.5, 0.6) is 5.75 Å². The molecule has 2 aliphatic heterocycles. The molecule has 4 heterocycles. The molecule has 3 aromatic rings. The quantitative estimate of drug-likeness (QED) is 0.0273. The number of nitrogens with one attached hydrogen (secondary N) is 2. The first-order valence-corrected chi connectivity index (χ1v) is 17.6. The van der Waals surface area contributed by atoms with Crippen LogP contribution >= 0.6 is 11.3 Å². The number of nitrogen functional groups attached to an aromatic ring is 1. The number of aromatic nitrogens is 3. The van der Waals surface area contributed by atoms with Crippen molar-refractivity contribution in [1.29, 1.82) is 0 Å². The molecule has 2 atom stereocenters. The van der Waals surface area contributed by atoms with Crippen LogP contribution in [0.3, 0.4) is 0 Å². The molecule has 0 radical (unpaired) electrons. The average Bonchev–Trinajstić information content (AvgIpc) is 3.67. The third-order valence-corrected chi connectivity index (χ3v) is 9.07. The molecule has 2 aliphatic rings. The van der Waals surface area contributed by atoms with Crippen molar-refractivity contribution in [3.63, 3.8) is 0 Å². The van der Waals surface area contributed by atoms with Crippen molar-refractivity contribution in [1.82, 2.24) is 25.4 Å². The summed E-state index contributed by atoms with van der Waals surface area (Å²) in [6.45, 7) is 3.94. The summed E-state index contributed by atoms with van der Waals surface area (Å²) < 4.78 is 61.5. The van der Waals surface area contributed by atoms with Gasteiger partial charge in [0.05, 0.1) is 23.8 Å². The molecule has 5 rings (SSSR count). The maximum atomic E-state index is 14.9. The topological polar surface area (TPSA) is 270 Å². The lowest BCUT2D eigenvalue weighted by molar-refractivity contribution is -0.784. The van der Waals surface area contributed by atoms with E-state index in [2.05, 4.69) is 25.1 Å². The molecule has 1 aromatic carbocycles. The lowest BCUT2D eigenvalue weighted by atomic mass is 9.84. The second kappa shape index (κ2) is 14.9. The van der Waals surface area contributed by atoms with E-state index in [4.69, 9.17) is 21.0 Å². The summed E-state index contributed by atoms with van der Waals surface area (Å²) in [7, 11) is -5.28. The van der Waals surface area contributed by atoms with Crippen LogP contribution in [0, 0.1) is 0 Å². The lowest BCUT2D eigenvalue weighted by Gasteiger charge is -2.51. The van der Waals surface area contributed by atoms with Gasteiger partial charge in [-0.05, 0) is 44.5 Å². The molecule has 0 spiro atoms. The summed E-state index contributed by atoms with van der Waals surface area (Å²) in [4.78, 5) is 47.0. The van der Waals surface area contributed by atoms with Gasteiger partial charge in [-0.3, -0.25) is 9.59 Å². The number of hydrogen-bond acceptors (Lipinski definition) is 15. The first kappa shape index (κ1) is 37.5. The van der Waals surface area contributed by atoms with Crippen molar-refractivity contribution < 1.29 is 55.4 Å². The fourth-order valence-electron chi connectivity index (χ4n) is 5.23. The number of oxime groups is 1. The highest BCUT2D eigenvalue weighted by Crippen LogP contribution is 2.33. The highest BCUT2D eigenvalue weighted by Gasteiger charge is 2.57. The van der Waals surface area contributed by atoms with Crippen LogP contribution in [0.2, 0.25) is 0 Å². The number of halogens is 1. The fourth-order valence-corrected chi connectivity index (χ4v) is 6.22. The van der Waals surface area contributed by atoms with Crippen LogP contribution in [0.1, 0.15) is 26.0 Å². The summed E-state index contributed by atoms with van der Waals surface area (Å²) in [5.74, 6) is -3.29. The highest BCUT2D eigenvalue weighted by atomic mass is 32.3. The number of carboxylic acid groups (broad SMARTS) is 1. The number of carboxylic acids is 1. The van der Waals surface area contributed by atoms with E-state index in [-0.39, 0.29) is 30.5 Å². The van der Waals surface area contributed by atoms with Crippen molar-refractivity contribution in [2.45, 2.75) is 56.7 Å². The fraction of sp³-hybridized carbons (Fsp3) is 0.448. The molecule has 0 bridgehead atoms. The summed E-state index contributed by atoms with van der Waals surface area (Å²) >= 11 is 0.940. The Labute approximate surface area is 294 Å². The lowest BCUT2D eigenvalue weighted by Crippen LogP contribution is -2.76. The molecule has 2 fully saturated rings. The van der Waals surface area contributed by atoms with Gasteiger partial charge in [-0.1, -0.05) is 17.3 Å². The molecular formula is C29H36FN9O10S2. The van der Waals surface area contributed by atoms with Crippen LogP contribution in [0.25, 0.3) is 11.1 Å². The Bertz CT molecular complexity index is 1910. The molecule has 51 heavy (non-hydrogen) atoms. The SMILES string of the molecule is CC1(C)[C@H](NC(=O)/C(=N\OC(COc2ccc(-c3cn(CCCN)[n+](CC4(F)CNC4)c3)cc2)C(=O)O)c2csc(N)n2)C(=O)N1OS(=O)(=O)[O-]. The van der Waals surface area contributed by atoms with E-state index >= 15 is 0 Å². The van der Waals surface area contributed by atoms with Crippen LogP contribution in [0.4, 0.5) is 9.52 Å². The van der Waals surface area contributed by atoms with Crippen molar-refractivity contribution >= 4 is 50.4 Å². The van der Waals surface area contributed by atoms with Gasteiger partial charge in [0, 0.05) is 18.5 Å². The third kappa shape index (κ3) is 8.77. The Morgan fingerprint density at radius 2 is 2.00 bits per heavy atom. The Morgan fingerprint density at radius 1 is 1.29 bits per heavy atom. The Morgan fingerprint density at radius 3 is 2.55 bits per heavy atom. The first-order valence-electron chi connectivity index (χ1n) is 15.4. The summed E-state index contributed by atoms with van der Waals surface area (Å²) in [6.07, 6.45) is 2.74. The predicted molar refractivity (Wildman–Crippen MR) is 175 cm³/mol. The predicted octanol–water partition coefficient (Wildman–Crippen LogP) is -1.11. The molecule has 0 saturated carbocycles. The summed E-state index contributed by atoms with van der Waals surface area (Å²) in [5.41, 5.74) is 9.53. The van der Waals surface area contributed by atoms with E-state index in [1.54, 1.807) is 24.3 Å². The number of nitrogens with zero attached hydrogens (tertiary/aromatic N) is 5. The molecule has 2 amide bonds. The van der Waals surface area contributed by atoms with Crippen LogP contribution in [0.15, 0.2) is 47.2 Å². The molecule has 1 unspecified atom stereocenters. The molecule has 0 aliphatic carbocycles. The van der Waals surface area contributed by atoms with Gasteiger partial charge in [0.15, 0.2) is 16.5 Å². The van der Waals surface area contributed by atoms with Crippen LogP contribution < -0.4 is 31.5 Å². The Kier molecular flexibility index (Phi) is 10.9. The van der Waals surface area contributed by atoms with Crippen molar-refractivity contribution in [3.8, 4) is 16.9 Å². The molecule has 22 heteroatoms. The summed E-state index contributed by atoms with van der Waals surface area (Å²) in [6, 6.07) is 5.37. The van der Waals surface area contributed by atoms with Crippen molar-refractivity contribution in [2.24, 2.45) is 10.9 Å². The van der Waals surface area contributed by atoms with Gasteiger partial charge in [0.25, 0.3) is 17.9 Å². The Hall–Kier alpha value is -4.74. The second-order valence-electron chi connectivity index (χ2n) is 12.3. The molecule has 19 nitrogen and oxygen atoms in total. The maximum absolute atomic E-state index is 14.9. The van der Waals surface area contributed by atoms with Gasteiger partial charge >= 0.3 is 5.97 Å². The first-order chi connectivity index (χ1) is 24.0. The molecular weight excluding hydrogens is 718 g/mol. The molecule has 2 aromatic heterocycles. The number of ether oxygens (including phenoxy) is 1. The molecule has 7 N–H and O–H groups in total. The maximum Gasteiger partial charge on any atom is 0.351 e. The molecule has 276 valence electrons. The Balaban J connectivity index is 1.26. The van der Waals surface area contributed by atoms with Crippen molar-refractivity contribution in [3.05, 3.63) is 47.7 Å². The van der Waals surface area contributed by atoms with Gasteiger partial charge in [-0.15, -0.1) is 16.0 Å². The minimum Gasteiger partial charge on any atom is -0.724 e. The van der Waals surface area contributed by atoms with Crippen LogP contribution in [-0.4, -0.2) is 106 Å². The van der Waals surface area contributed by atoms with E-state index in [1.807, 2.05) is 21.8 Å². The number of alkyl halides is 1. The van der Waals surface area contributed by atoms with Crippen molar-refractivity contribution in [2.75, 3.05) is 32.0 Å². The number of amides is 2. The zero-order valence-electron chi connectivity index (χ0n) is 27.4. The van der Waals surface area contributed by atoms with Gasteiger partial charge in [0.2, 0.25) is 23.1 Å². The number of carbonyl (C=O) groups is 3. The smallest absolute Gasteiger partial charge is 0.351 e. The van der Waals surface area contributed by atoms with E-state index in [0.29, 0.717) is 30.3 Å². The zero-order chi connectivity index (χ0) is 37.1. The number of aryl methyl sites for hydroxylation is 1. The number of hydroxylamine groups is 2. The van der Waals surface area contributed by atoms with Gasteiger partial charge in [-0.2, -0.15) is 14.0 Å². The number of hydrogen-bond donors (Lipinski definition) is 5. The van der Waals surface area contributed by atoms with E-state index in [1.165, 1.54) is 19.2 Å². The number of benzene rings is 1. The van der Waals surface area contributed by atoms with Gasteiger partial charge < -0.3 is 41.3 Å². The van der Waals surface area contributed by atoms with Crippen LogP contribution in [-0.2, 0) is 47.0 Å². The third-order valence-electron chi connectivity index (χ3n) is 8.06. The highest BCUT2D eigenvalue weighted by molar-refractivity contribution is 7.80. The van der Waals surface area contributed by atoms with E-state index in [0.717, 1.165) is 22.5 Å². The second-order valence-corrected chi connectivity index (χ2v) is 14.2. The minimum absolute atomic E-state index is 0.0382. The standard InChI is InChI=1S/C29H36FN9O10S2/c1-28(2)23(25(41)39(28)49-51(44,45)46)35-24(40)22(20-13-50-27(32)34-20)36-48-21(26(42)43)12-47-19-6-4-17(5-7-19)18-10-37(9-3-8-31)38(11-18)16-29(30)14-33-15-29/h4-7,10-11,13,21,23,33H,3,8-9,12,14-16,31H2,1-2H3,(H4-,32,34,35,40,42,43,44,45,46)/b36-22-/t21?,23-/m1/s1.